The van der Waals surface area contributed by atoms with Crippen LogP contribution in [0.3, 0.4) is 0 Å². The molecule has 0 aliphatic carbocycles. The van der Waals surface area contributed by atoms with Crippen molar-refractivity contribution in [3.8, 4) is 5.75 Å². The Labute approximate surface area is 103 Å². The van der Waals surface area contributed by atoms with Crippen LogP contribution in [0.5, 0.6) is 5.75 Å². The summed E-state index contributed by atoms with van der Waals surface area (Å²) >= 11 is 0. The molecule has 18 heavy (non-hydrogen) atoms. The Morgan fingerprint density at radius 1 is 1.28 bits per heavy atom. The number of aryl methyl sites for hydroxylation is 1. The lowest BCUT2D eigenvalue weighted by molar-refractivity contribution is 0.0598. The molecule has 0 radical (unpaired) electrons. The number of carbonyl (C=O) groups excluding carboxylic acids is 1. The summed E-state index contributed by atoms with van der Waals surface area (Å²) in [6, 6.07) is 5.08. The monoisotopic (exact) mass is 247 g/mol. The lowest BCUT2D eigenvalue weighted by atomic mass is 10.1. The first kappa shape index (κ1) is 12.2. The molecule has 1 N–H and O–H groups in total. The summed E-state index contributed by atoms with van der Waals surface area (Å²) < 4.78 is 9.68. The fraction of sp³-hybridized carbons (Fsp3) is 0.231. The molecule has 94 valence electrons. The van der Waals surface area contributed by atoms with Crippen LogP contribution in [0.1, 0.15) is 16.1 Å². The SMILES string of the molecule is COC(=O)c1c(C)[nH]c2ccc(OC)cc2c1=O. The highest BCUT2D eigenvalue weighted by Gasteiger charge is 2.17. The highest BCUT2D eigenvalue weighted by Crippen LogP contribution is 2.18. The van der Waals surface area contributed by atoms with Crippen molar-refractivity contribution in [3.05, 3.63) is 39.7 Å². The van der Waals surface area contributed by atoms with Crippen molar-refractivity contribution in [2.24, 2.45) is 0 Å². The lowest BCUT2D eigenvalue weighted by Gasteiger charge is -2.07. The van der Waals surface area contributed by atoms with Gasteiger partial charge >= 0.3 is 5.97 Å². The van der Waals surface area contributed by atoms with Gasteiger partial charge in [-0.2, -0.15) is 0 Å². The molecule has 0 atom stereocenters. The van der Waals surface area contributed by atoms with Gasteiger partial charge in [-0.05, 0) is 25.1 Å². The molecule has 1 aromatic carbocycles. The molecule has 0 aliphatic heterocycles. The molecule has 0 saturated carbocycles. The first-order valence-electron chi connectivity index (χ1n) is 5.37. The Morgan fingerprint density at radius 3 is 2.61 bits per heavy atom. The number of carbonyl (C=O) groups is 1. The van der Waals surface area contributed by atoms with E-state index >= 15 is 0 Å². The number of H-pyrrole nitrogens is 1. The second-order valence-corrected chi connectivity index (χ2v) is 3.86. The maximum Gasteiger partial charge on any atom is 0.343 e. The Bertz CT molecular complexity index is 672. The quantitative estimate of drug-likeness (QED) is 0.819. The average molecular weight is 247 g/mol. The molecule has 0 aliphatic rings. The highest BCUT2D eigenvalue weighted by molar-refractivity contribution is 5.95. The van der Waals surface area contributed by atoms with Crippen LogP contribution in [-0.4, -0.2) is 25.2 Å². The summed E-state index contributed by atoms with van der Waals surface area (Å²) in [6.45, 7) is 1.66. The minimum atomic E-state index is -0.640. The zero-order valence-electron chi connectivity index (χ0n) is 10.4. The van der Waals surface area contributed by atoms with Crippen LogP contribution in [0.25, 0.3) is 10.9 Å². The maximum atomic E-state index is 12.2. The van der Waals surface area contributed by atoms with E-state index in [1.165, 1.54) is 14.2 Å². The van der Waals surface area contributed by atoms with Gasteiger partial charge in [-0.1, -0.05) is 0 Å². The fourth-order valence-electron chi connectivity index (χ4n) is 1.86. The van der Waals surface area contributed by atoms with Crippen LogP contribution in [0.2, 0.25) is 0 Å². The number of methoxy groups -OCH3 is 2. The molecule has 1 aromatic heterocycles. The molecule has 1 heterocycles. The third-order valence-corrected chi connectivity index (χ3v) is 2.79. The number of aromatic nitrogens is 1. The fourth-order valence-corrected chi connectivity index (χ4v) is 1.86. The Morgan fingerprint density at radius 2 is 2.00 bits per heavy atom. The van der Waals surface area contributed by atoms with E-state index in [4.69, 9.17) is 4.74 Å². The van der Waals surface area contributed by atoms with Crippen molar-refractivity contribution in [2.75, 3.05) is 14.2 Å². The van der Waals surface area contributed by atoms with E-state index in [2.05, 4.69) is 9.72 Å². The third kappa shape index (κ3) is 1.84. The number of ether oxygens (including phenoxy) is 2. The van der Waals surface area contributed by atoms with Crippen LogP contribution < -0.4 is 10.2 Å². The van der Waals surface area contributed by atoms with Crippen molar-refractivity contribution < 1.29 is 14.3 Å². The van der Waals surface area contributed by atoms with Crippen molar-refractivity contribution >= 4 is 16.9 Å². The van der Waals surface area contributed by atoms with Gasteiger partial charge in [0.25, 0.3) is 0 Å². The van der Waals surface area contributed by atoms with E-state index in [9.17, 15) is 9.59 Å². The molecule has 5 heteroatoms. The summed E-state index contributed by atoms with van der Waals surface area (Å²) in [5.41, 5.74) is 0.820. The topological polar surface area (TPSA) is 68.4 Å². The number of hydrogen-bond acceptors (Lipinski definition) is 4. The van der Waals surface area contributed by atoms with E-state index in [1.807, 2.05) is 0 Å². The van der Waals surface area contributed by atoms with Crippen molar-refractivity contribution in [1.29, 1.82) is 0 Å². The number of benzene rings is 1. The van der Waals surface area contributed by atoms with E-state index < -0.39 is 5.97 Å². The number of pyridine rings is 1. The van der Waals surface area contributed by atoms with E-state index in [0.29, 0.717) is 22.3 Å². The van der Waals surface area contributed by atoms with E-state index in [-0.39, 0.29) is 11.0 Å². The van der Waals surface area contributed by atoms with Crippen LogP contribution in [0.4, 0.5) is 0 Å². The van der Waals surface area contributed by atoms with Crippen molar-refractivity contribution in [3.63, 3.8) is 0 Å². The maximum absolute atomic E-state index is 12.2. The molecule has 5 nitrogen and oxygen atoms in total. The van der Waals surface area contributed by atoms with Gasteiger partial charge in [-0.15, -0.1) is 0 Å². The molecule has 0 unspecified atom stereocenters. The Kier molecular flexibility index (Phi) is 3.06. The third-order valence-electron chi connectivity index (χ3n) is 2.79. The van der Waals surface area contributed by atoms with Gasteiger partial charge in [-0.3, -0.25) is 4.79 Å². The minimum Gasteiger partial charge on any atom is -0.497 e. The zero-order valence-corrected chi connectivity index (χ0v) is 10.4. The van der Waals surface area contributed by atoms with Crippen molar-refractivity contribution in [2.45, 2.75) is 6.92 Å². The number of nitrogens with one attached hydrogen (secondary N) is 1. The number of aromatic amines is 1. The van der Waals surface area contributed by atoms with E-state index in [0.717, 1.165) is 0 Å². The average Bonchev–Trinajstić information content (AvgIpc) is 2.38. The summed E-state index contributed by atoms with van der Waals surface area (Å²) in [4.78, 5) is 26.8. The van der Waals surface area contributed by atoms with Crippen LogP contribution >= 0.6 is 0 Å². The van der Waals surface area contributed by atoms with Gasteiger partial charge in [0.2, 0.25) is 5.43 Å². The van der Waals surface area contributed by atoms with Crippen LogP contribution in [-0.2, 0) is 4.74 Å². The first-order valence-corrected chi connectivity index (χ1v) is 5.37. The van der Waals surface area contributed by atoms with Gasteiger partial charge in [0.05, 0.1) is 19.6 Å². The number of rotatable bonds is 2. The minimum absolute atomic E-state index is 0.0262. The summed E-state index contributed by atoms with van der Waals surface area (Å²) in [7, 11) is 2.77. The molecule has 2 aromatic rings. The van der Waals surface area contributed by atoms with Gasteiger partial charge in [0, 0.05) is 11.2 Å². The predicted octanol–water partition coefficient (Wildman–Crippen LogP) is 1.63. The Balaban J connectivity index is 2.82. The van der Waals surface area contributed by atoms with Gasteiger partial charge < -0.3 is 14.5 Å². The van der Waals surface area contributed by atoms with Crippen LogP contribution in [0.15, 0.2) is 23.0 Å². The number of fused-ring (bicyclic) bond motifs is 1. The number of esters is 1. The molecule has 0 saturated heterocycles. The largest absolute Gasteiger partial charge is 0.497 e. The normalized spacial score (nSPS) is 10.4. The lowest BCUT2D eigenvalue weighted by Crippen LogP contribution is -2.19. The molecule has 0 amide bonds. The molecule has 0 bridgehead atoms. The molecule has 0 spiro atoms. The zero-order chi connectivity index (χ0) is 13.3. The number of hydrogen-bond donors (Lipinski definition) is 1. The summed E-state index contributed by atoms with van der Waals surface area (Å²) in [5, 5.41) is 0.403. The molecular formula is C13H13NO4. The second-order valence-electron chi connectivity index (χ2n) is 3.86. The second kappa shape index (κ2) is 4.52. The van der Waals surface area contributed by atoms with Crippen LogP contribution in [0, 0.1) is 6.92 Å². The Hall–Kier alpha value is -2.30. The van der Waals surface area contributed by atoms with Gasteiger partial charge in [0.15, 0.2) is 0 Å². The molecule has 2 rings (SSSR count). The van der Waals surface area contributed by atoms with Gasteiger partial charge in [0.1, 0.15) is 11.3 Å². The highest BCUT2D eigenvalue weighted by atomic mass is 16.5. The van der Waals surface area contributed by atoms with E-state index in [1.54, 1.807) is 25.1 Å². The smallest absolute Gasteiger partial charge is 0.343 e. The molecule has 0 fully saturated rings. The molecular weight excluding hydrogens is 234 g/mol. The van der Waals surface area contributed by atoms with Gasteiger partial charge in [-0.25, -0.2) is 4.79 Å². The van der Waals surface area contributed by atoms with Crippen molar-refractivity contribution in [1.82, 2.24) is 4.98 Å². The predicted molar refractivity (Wildman–Crippen MR) is 67.2 cm³/mol. The summed E-state index contributed by atoms with van der Waals surface area (Å²) in [6.07, 6.45) is 0. The summed E-state index contributed by atoms with van der Waals surface area (Å²) in [5.74, 6) is -0.0776. The standard InChI is InChI=1S/C13H13NO4/c1-7-11(13(16)18-3)12(15)9-6-8(17-2)4-5-10(9)14-7/h4-6H,1-3H3,(H,14,15). The first-order chi connectivity index (χ1) is 8.58.